The van der Waals surface area contributed by atoms with Crippen molar-refractivity contribution in [2.75, 3.05) is 42.5 Å². The number of amides is 1. The van der Waals surface area contributed by atoms with Gasteiger partial charge in [0.25, 0.3) is 0 Å². The predicted molar refractivity (Wildman–Crippen MR) is 131 cm³/mol. The van der Waals surface area contributed by atoms with Gasteiger partial charge in [-0.3, -0.25) is 4.79 Å². The van der Waals surface area contributed by atoms with E-state index < -0.39 is 0 Å². The van der Waals surface area contributed by atoms with Gasteiger partial charge in [0.1, 0.15) is 16.5 Å². The number of pyridine rings is 1. The lowest BCUT2D eigenvalue weighted by Crippen LogP contribution is -2.56. The van der Waals surface area contributed by atoms with Gasteiger partial charge in [0.15, 0.2) is 5.82 Å². The molecule has 0 saturated carbocycles. The fraction of sp³-hybridized carbons (Fsp3) is 0.333. The number of hydrogen-bond acceptors (Lipinski definition) is 7. The third kappa shape index (κ3) is 3.62. The molecule has 0 unspecified atom stereocenters. The van der Waals surface area contributed by atoms with E-state index in [1.807, 2.05) is 40.7 Å². The summed E-state index contributed by atoms with van der Waals surface area (Å²) >= 11 is 1.63. The van der Waals surface area contributed by atoms with Crippen LogP contribution < -0.4 is 9.80 Å². The lowest BCUT2D eigenvalue weighted by atomic mass is 10.2. The molecule has 1 N–H and O–H groups in total. The van der Waals surface area contributed by atoms with Gasteiger partial charge in [-0.1, -0.05) is 18.2 Å². The van der Waals surface area contributed by atoms with Gasteiger partial charge in [-0.05, 0) is 37.1 Å². The topological polar surface area (TPSA) is 81.2 Å². The molecule has 3 aromatic heterocycles. The SMILES string of the molecule is C[C@@H]1CN(c2scnc2-c2nc3ccccc3[nH]2)CCN1C(=O)CN1CCc2cccnc21. The van der Waals surface area contributed by atoms with Crippen molar-refractivity contribution < 1.29 is 4.79 Å². The molecule has 0 bridgehead atoms. The molecule has 0 spiro atoms. The third-order valence-corrected chi connectivity index (χ3v) is 7.43. The van der Waals surface area contributed by atoms with Gasteiger partial charge in [0.05, 0.1) is 23.1 Å². The molecule has 9 heteroatoms. The quantitative estimate of drug-likeness (QED) is 0.505. The van der Waals surface area contributed by atoms with Crippen LogP contribution in [-0.2, 0) is 11.2 Å². The first kappa shape index (κ1) is 20.2. The van der Waals surface area contributed by atoms with E-state index in [1.165, 1.54) is 5.56 Å². The third-order valence-electron chi connectivity index (χ3n) is 6.54. The summed E-state index contributed by atoms with van der Waals surface area (Å²) in [6, 6.07) is 12.2. The van der Waals surface area contributed by atoms with Gasteiger partial charge in [-0.25, -0.2) is 15.0 Å². The predicted octanol–water partition coefficient (Wildman–Crippen LogP) is 3.18. The molecule has 168 valence electrons. The Balaban J connectivity index is 1.16. The Labute approximate surface area is 195 Å². The van der Waals surface area contributed by atoms with Crippen molar-refractivity contribution in [3.05, 3.63) is 53.7 Å². The Kier molecular flexibility index (Phi) is 4.98. The molecule has 6 rings (SSSR count). The maximum absolute atomic E-state index is 13.2. The highest BCUT2D eigenvalue weighted by molar-refractivity contribution is 7.14. The van der Waals surface area contributed by atoms with E-state index in [-0.39, 0.29) is 11.9 Å². The highest BCUT2D eigenvalue weighted by Crippen LogP contribution is 2.34. The van der Waals surface area contributed by atoms with E-state index in [4.69, 9.17) is 4.98 Å². The number of imidazole rings is 1. The average molecular weight is 460 g/mol. The largest absolute Gasteiger partial charge is 0.358 e. The van der Waals surface area contributed by atoms with Gasteiger partial charge < -0.3 is 19.7 Å². The Morgan fingerprint density at radius 2 is 2.06 bits per heavy atom. The summed E-state index contributed by atoms with van der Waals surface area (Å²) in [6.45, 7) is 5.62. The number of thiazole rings is 1. The van der Waals surface area contributed by atoms with Gasteiger partial charge in [-0.15, -0.1) is 11.3 Å². The lowest BCUT2D eigenvalue weighted by Gasteiger charge is -2.41. The number of nitrogens with zero attached hydrogens (tertiary/aromatic N) is 6. The molecule has 2 aliphatic rings. The van der Waals surface area contributed by atoms with Crippen LogP contribution in [0.15, 0.2) is 48.1 Å². The number of aromatic amines is 1. The van der Waals surface area contributed by atoms with Gasteiger partial charge in [-0.2, -0.15) is 0 Å². The van der Waals surface area contributed by atoms with Crippen molar-refractivity contribution in [2.45, 2.75) is 19.4 Å². The maximum atomic E-state index is 13.2. The standard InChI is InChI=1S/C24H25N7OS/c1-16-13-30(24-21(26-15-33-24)22-27-18-6-2-3-7-19(18)28-22)11-12-31(16)20(32)14-29-10-8-17-5-4-9-25-23(17)29/h2-7,9,15-16H,8,10-14H2,1H3,(H,27,28)/t16-/m1/s1. The zero-order valence-electron chi connectivity index (χ0n) is 18.4. The molecule has 2 aliphatic heterocycles. The Morgan fingerprint density at radius 1 is 1.15 bits per heavy atom. The van der Waals surface area contributed by atoms with E-state index >= 15 is 0 Å². The van der Waals surface area contributed by atoms with Crippen LogP contribution in [0.3, 0.4) is 0 Å². The minimum Gasteiger partial charge on any atom is -0.358 e. The summed E-state index contributed by atoms with van der Waals surface area (Å²) < 4.78 is 0. The van der Waals surface area contributed by atoms with Gasteiger partial charge >= 0.3 is 0 Å². The summed E-state index contributed by atoms with van der Waals surface area (Å²) in [5.41, 5.74) is 5.92. The van der Waals surface area contributed by atoms with Crippen molar-refractivity contribution in [3.63, 3.8) is 0 Å². The lowest BCUT2D eigenvalue weighted by molar-refractivity contribution is -0.132. The molecular formula is C24H25N7OS. The fourth-order valence-corrected chi connectivity index (χ4v) is 5.72. The van der Waals surface area contributed by atoms with E-state index in [9.17, 15) is 4.79 Å². The molecule has 1 aromatic carbocycles. The second-order valence-corrected chi connectivity index (χ2v) is 9.48. The number of nitrogens with one attached hydrogen (secondary N) is 1. The number of carbonyl (C=O) groups is 1. The van der Waals surface area contributed by atoms with E-state index in [0.717, 1.165) is 59.4 Å². The van der Waals surface area contributed by atoms with Crippen LogP contribution in [0.25, 0.3) is 22.6 Å². The number of carbonyl (C=O) groups excluding carboxylic acids is 1. The summed E-state index contributed by atoms with van der Waals surface area (Å²) in [5, 5.41) is 1.10. The van der Waals surface area contributed by atoms with Crippen molar-refractivity contribution in [2.24, 2.45) is 0 Å². The Morgan fingerprint density at radius 3 is 2.94 bits per heavy atom. The Hall–Kier alpha value is -3.46. The number of piperazine rings is 1. The summed E-state index contributed by atoms with van der Waals surface area (Å²) in [5.74, 6) is 1.92. The molecule has 0 aliphatic carbocycles. The minimum atomic E-state index is 0.114. The molecule has 8 nitrogen and oxygen atoms in total. The number of para-hydroxylation sites is 2. The zero-order valence-corrected chi connectivity index (χ0v) is 19.3. The van der Waals surface area contributed by atoms with Gasteiger partial charge in [0.2, 0.25) is 5.91 Å². The molecule has 4 aromatic rings. The van der Waals surface area contributed by atoms with Crippen LogP contribution in [-0.4, -0.2) is 69.5 Å². The second-order valence-electron chi connectivity index (χ2n) is 8.65. The van der Waals surface area contributed by atoms with Crippen molar-refractivity contribution in [3.8, 4) is 11.5 Å². The molecule has 0 radical (unpaired) electrons. The number of aromatic nitrogens is 4. The minimum absolute atomic E-state index is 0.114. The Bertz CT molecular complexity index is 1280. The van der Waals surface area contributed by atoms with Crippen LogP contribution in [0.5, 0.6) is 0 Å². The van der Waals surface area contributed by atoms with Crippen LogP contribution in [0.2, 0.25) is 0 Å². The molecule has 5 heterocycles. The number of hydrogen-bond donors (Lipinski definition) is 1. The molecule has 1 saturated heterocycles. The van der Waals surface area contributed by atoms with E-state index in [2.05, 4.69) is 37.7 Å². The molecule has 1 amide bonds. The average Bonchev–Trinajstić information content (AvgIpc) is 3.57. The van der Waals surface area contributed by atoms with E-state index in [1.54, 1.807) is 17.5 Å². The van der Waals surface area contributed by atoms with E-state index in [0.29, 0.717) is 13.1 Å². The smallest absolute Gasteiger partial charge is 0.242 e. The summed E-state index contributed by atoms with van der Waals surface area (Å²) in [7, 11) is 0. The maximum Gasteiger partial charge on any atom is 0.242 e. The number of H-pyrrole nitrogens is 1. The van der Waals surface area contributed by atoms with Crippen molar-refractivity contribution >= 4 is 39.1 Å². The van der Waals surface area contributed by atoms with Gasteiger partial charge in [0, 0.05) is 38.4 Å². The van der Waals surface area contributed by atoms with Crippen LogP contribution in [0, 0.1) is 0 Å². The number of benzene rings is 1. The summed E-state index contributed by atoms with van der Waals surface area (Å²) in [4.78, 5) is 36.9. The monoisotopic (exact) mass is 459 g/mol. The van der Waals surface area contributed by atoms with Crippen molar-refractivity contribution in [1.29, 1.82) is 0 Å². The highest BCUT2D eigenvalue weighted by Gasteiger charge is 2.32. The first-order valence-corrected chi connectivity index (χ1v) is 12.2. The van der Waals surface area contributed by atoms with Crippen molar-refractivity contribution in [1.82, 2.24) is 24.8 Å². The first-order chi connectivity index (χ1) is 16.2. The highest BCUT2D eigenvalue weighted by atomic mass is 32.1. The molecule has 33 heavy (non-hydrogen) atoms. The van der Waals surface area contributed by atoms with Crippen LogP contribution >= 0.6 is 11.3 Å². The number of fused-ring (bicyclic) bond motifs is 2. The number of anilines is 2. The normalized spacial score (nSPS) is 18.2. The second kappa shape index (κ2) is 8.15. The first-order valence-electron chi connectivity index (χ1n) is 11.3. The fourth-order valence-electron chi connectivity index (χ4n) is 4.88. The molecule has 1 atom stereocenters. The zero-order chi connectivity index (χ0) is 22.4. The molecular weight excluding hydrogens is 434 g/mol. The molecule has 1 fully saturated rings. The summed E-state index contributed by atoms with van der Waals surface area (Å²) in [6.07, 6.45) is 2.76. The number of rotatable bonds is 4. The van der Waals surface area contributed by atoms with Crippen LogP contribution in [0.4, 0.5) is 10.8 Å². The van der Waals surface area contributed by atoms with Crippen LogP contribution in [0.1, 0.15) is 12.5 Å².